The van der Waals surface area contributed by atoms with Crippen molar-refractivity contribution in [1.82, 2.24) is 4.90 Å². The van der Waals surface area contributed by atoms with E-state index in [9.17, 15) is 9.90 Å². The van der Waals surface area contributed by atoms with E-state index in [4.69, 9.17) is 0 Å². The van der Waals surface area contributed by atoms with E-state index < -0.39 is 0 Å². The number of likely N-dealkylation sites (tertiary alicyclic amines) is 1. The zero-order valence-corrected chi connectivity index (χ0v) is 10.3. The molecule has 4 nitrogen and oxygen atoms in total. The summed E-state index contributed by atoms with van der Waals surface area (Å²) in [5, 5.41) is 12.6. The van der Waals surface area contributed by atoms with Gasteiger partial charge in [0.1, 0.15) is 6.04 Å². The van der Waals surface area contributed by atoms with Crippen LogP contribution in [0, 0.1) is 0 Å². The molecule has 2 atom stereocenters. The molecule has 0 aliphatic carbocycles. The second-order valence-corrected chi connectivity index (χ2v) is 5.07. The summed E-state index contributed by atoms with van der Waals surface area (Å²) in [6, 6.07) is 7.90. The third kappa shape index (κ3) is 1.86. The lowest BCUT2D eigenvalue weighted by Gasteiger charge is -2.26. The average molecular weight is 246 g/mol. The maximum absolute atomic E-state index is 12.4. The van der Waals surface area contributed by atoms with E-state index in [1.165, 1.54) is 5.56 Å². The van der Waals surface area contributed by atoms with Gasteiger partial charge in [0.2, 0.25) is 5.91 Å². The van der Waals surface area contributed by atoms with Crippen molar-refractivity contribution >= 4 is 11.6 Å². The van der Waals surface area contributed by atoms with Crippen LogP contribution in [0.4, 0.5) is 5.69 Å². The molecule has 2 aliphatic rings. The monoisotopic (exact) mass is 246 g/mol. The molecular weight excluding hydrogens is 228 g/mol. The molecular formula is C14H18N2O2. The third-order valence-electron chi connectivity index (χ3n) is 3.94. The predicted octanol–water partition coefficient (Wildman–Crippen LogP) is 1.01. The van der Waals surface area contributed by atoms with Crippen LogP contribution in [-0.4, -0.2) is 41.1 Å². The molecule has 2 aliphatic heterocycles. The molecule has 96 valence electrons. The second kappa shape index (κ2) is 4.61. The van der Waals surface area contributed by atoms with Crippen molar-refractivity contribution in [2.45, 2.75) is 31.3 Å². The van der Waals surface area contributed by atoms with Crippen molar-refractivity contribution in [2.75, 3.05) is 18.5 Å². The second-order valence-electron chi connectivity index (χ2n) is 5.07. The van der Waals surface area contributed by atoms with Crippen LogP contribution in [0.25, 0.3) is 0 Å². The van der Waals surface area contributed by atoms with Gasteiger partial charge < -0.3 is 15.3 Å². The molecule has 4 heteroatoms. The lowest BCUT2D eigenvalue weighted by molar-refractivity contribution is -0.133. The van der Waals surface area contributed by atoms with E-state index in [2.05, 4.69) is 11.4 Å². The van der Waals surface area contributed by atoms with Crippen molar-refractivity contribution < 1.29 is 9.90 Å². The number of nitrogens with one attached hydrogen (secondary N) is 1. The lowest BCUT2D eigenvalue weighted by Crippen LogP contribution is -2.45. The molecule has 1 fully saturated rings. The minimum atomic E-state index is -0.158. The van der Waals surface area contributed by atoms with Crippen LogP contribution in [0.15, 0.2) is 24.3 Å². The topological polar surface area (TPSA) is 52.6 Å². The molecule has 1 amide bonds. The maximum atomic E-state index is 12.4. The molecule has 3 rings (SSSR count). The van der Waals surface area contributed by atoms with Crippen molar-refractivity contribution in [2.24, 2.45) is 0 Å². The number of rotatable bonds is 2. The zero-order chi connectivity index (χ0) is 12.5. The first-order chi connectivity index (χ1) is 8.79. The zero-order valence-electron chi connectivity index (χ0n) is 10.3. The number of hydrogen-bond donors (Lipinski definition) is 2. The maximum Gasteiger partial charge on any atom is 0.245 e. The average Bonchev–Trinajstić information content (AvgIpc) is 3.03. The van der Waals surface area contributed by atoms with E-state index in [-0.39, 0.29) is 24.6 Å². The Labute approximate surface area is 107 Å². The molecule has 0 aromatic heterocycles. The standard InChI is InChI=1S/C14H18N2O2/c17-9-11-5-3-7-16(11)14(18)13-8-10-4-1-2-6-12(10)15-13/h1-2,4,6,11,13,15,17H,3,5,7-9H2/t11-,13+/m1/s1. The quantitative estimate of drug-likeness (QED) is 0.818. The highest BCUT2D eigenvalue weighted by Gasteiger charge is 2.35. The molecule has 0 bridgehead atoms. The summed E-state index contributed by atoms with van der Waals surface area (Å²) in [7, 11) is 0. The largest absolute Gasteiger partial charge is 0.394 e. The Morgan fingerprint density at radius 2 is 2.28 bits per heavy atom. The summed E-state index contributed by atoms with van der Waals surface area (Å²) in [5.74, 6) is 0.128. The van der Waals surface area contributed by atoms with Crippen LogP contribution < -0.4 is 5.32 Å². The summed E-state index contributed by atoms with van der Waals surface area (Å²) >= 11 is 0. The molecule has 2 heterocycles. The fraction of sp³-hybridized carbons (Fsp3) is 0.500. The Morgan fingerprint density at radius 3 is 3.06 bits per heavy atom. The first kappa shape index (κ1) is 11.5. The first-order valence-corrected chi connectivity index (χ1v) is 6.55. The van der Waals surface area contributed by atoms with Gasteiger partial charge in [-0.25, -0.2) is 0 Å². The molecule has 1 aromatic carbocycles. The predicted molar refractivity (Wildman–Crippen MR) is 69.4 cm³/mol. The van der Waals surface area contributed by atoms with Crippen LogP contribution in [-0.2, 0) is 11.2 Å². The number of aliphatic hydroxyl groups is 1. The first-order valence-electron chi connectivity index (χ1n) is 6.55. The van der Waals surface area contributed by atoms with Gasteiger partial charge in [0.25, 0.3) is 0 Å². The molecule has 0 radical (unpaired) electrons. The third-order valence-corrected chi connectivity index (χ3v) is 3.94. The molecule has 0 unspecified atom stereocenters. The van der Waals surface area contributed by atoms with Crippen molar-refractivity contribution in [3.8, 4) is 0 Å². The van der Waals surface area contributed by atoms with Crippen LogP contribution in [0.1, 0.15) is 18.4 Å². The van der Waals surface area contributed by atoms with Crippen molar-refractivity contribution in [3.05, 3.63) is 29.8 Å². The van der Waals surface area contributed by atoms with E-state index in [0.717, 1.165) is 31.5 Å². The van der Waals surface area contributed by atoms with Gasteiger partial charge in [0, 0.05) is 18.7 Å². The minimum absolute atomic E-state index is 0.0167. The fourth-order valence-electron chi connectivity index (χ4n) is 2.96. The fourth-order valence-corrected chi connectivity index (χ4v) is 2.96. The number of carbonyl (C=O) groups is 1. The molecule has 0 spiro atoms. The number of fused-ring (bicyclic) bond motifs is 1. The Balaban J connectivity index is 1.72. The number of nitrogens with zero attached hydrogens (tertiary/aromatic N) is 1. The van der Waals surface area contributed by atoms with Crippen molar-refractivity contribution in [3.63, 3.8) is 0 Å². The highest BCUT2D eigenvalue weighted by atomic mass is 16.3. The lowest BCUT2D eigenvalue weighted by atomic mass is 10.1. The molecule has 2 N–H and O–H groups in total. The molecule has 1 aromatic rings. The summed E-state index contributed by atoms with van der Waals surface area (Å²) in [4.78, 5) is 14.3. The number of para-hydroxylation sites is 1. The van der Waals surface area contributed by atoms with Gasteiger partial charge in [-0.15, -0.1) is 0 Å². The van der Waals surface area contributed by atoms with Gasteiger partial charge in [-0.3, -0.25) is 4.79 Å². The normalized spacial score (nSPS) is 25.9. The van der Waals surface area contributed by atoms with E-state index in [1.54, 1.807) is 0 Å². The molecule has 0 saturated carbocycles. The summed E-state index contributed by atoms with van der Waals surface area (Å²) in [6.45, 7) is 0.851. The highest BCUT2D eigenvalue weighted by Crippen LogP contribution is 2.27. The highest BCUT2D eigenvalue weighted by molar-refractivity contribution is 5.87. The number of hydrogen-bond acceptors (Lipinski definition) is 3. The minimum Gasteiger partial charge on any atom is -0.394 e. The number of amides is 1. The van der Waals surface area contributed by atoms with E-state index in [1.807, 2.05) is 23.1 Å². The van der Waals surface area contributed by atoms with Gasteiger partial charge in [0.05, 0.1) is 12.6 Å². The van der Waals surface area contributed by atoms with Gasteiger partial charge in [-0.2, -0.15) is 0 Å². The Morgan fingerprint density at radius 1 is 1.44 bits per heavy atom. The number of anilines is 1. The number of aliphatic hydroxyl groups excluding tert-OH is 1. The van der Waals surface area contributed by atoms with Gasteiger partial charge in [-0.1, -0.05) is 18.2 Å². The van der Waals surface area contributed by atoms with Crippen LogP contribution in [0.5, 0.6) is 0 Å². The van der Waals surface area contributed by atoms with Gasteiger partial charge >= 0.3 is 0 Å². The summed E-state index contributed by atoms with van der Waals surface area (Å²) in [5.41, 5.74) is 2.27. The van der Waals surface area contributed by atoms with Crippen LogP contribution in [0.3, 0.4) is 0 Å². The molecule has 18 heavy (non-hydrogen) atoms. The SMILES string of the molecule is O=C([C@@H]1Cc2ccccc2N1)N1CCC[C@@H]1CO. The van der Waals surface area contributed by atoms with Gasteiger partial charge in [-0.05, 0) is 24.5 Å². The summed E-state index contributed by atoms with van der Waals surface area (Å²) < 4.78 is 0. The summed E-state index contributed by atoms with van der Waals surface area (Å²) in [6.07, 6.45) is 2.67. The Bertz CT molecular complexity index is 436. The van der Waals surface area contributed by atoms with E-state index >= 15 is 0 Å². The van der Waals surface area contributed by atoms with Crippen LogP contribution >= 0.6 is 0 Å². The number of benzene rings is 1. The molecule has 1 saturated heterocycles. The van der Waals surface area contributed by atoms with Gasteiger partial charge in [0.15, 0.2) is 0 Å². The van der Waals surface area contributed by atoms with E-state index in [0.29, 0.717) is 0 Å². The van der Waals surface area contributed by atoms with Crippen molar-refractivity contribution in [1.29, 1.82) is 0 Å². The van der Waals surface area contributed by atoms with Crippen LogP contribution in [0.2, 0.25) is 0 Å². The Hall–Kier alpha value is -1.55. The number of carbonyl (C=O) groups excluding carboxylic acids is 1. The smallest absolute Gasteiger partial charge is 0.245 e. The Kier molecular flexibility index (Phi) is 2.96.